The number of amides is 1. The number of fused-ring (bicyclic) bond motifs is 1. The van der Waals surface area contributed by atoms with E-state index < -0.39 is 0 Å². The SMILES string of the molecule is C=CC(=O)NC1Cc2ccccc2N(c2ccc(C(C)C)cc2)C1. The molecule has 1 amide bonds. The molecule has 24 heavy (non-hydrogen) atoms. The molecule has 1 aliphatic rings. The molecule has 0 bridgehead atoms. The minimum atomic E-state index is -0.116. The minimum absolute atomic E-state index is 0.0789. The number of benzene rings is 2. The Morgan fingerprint density at radius 2 is 1.92 bits per heavy atom. The van der Waals surface area contributed by atoms with Crippen LogP contribution in [0.4, 0.5) is 11.4 Å². The van der Waals surface area contributed by atoms with Gasteiger partial charge in [-0.1, -0.05) is 50.8 Å². The quantitative estimate of drug-likeness (QED) is 0.857. The predicted molar refractivity (Wildman–Crippen MR) is 99.8 cm³/mol. The van der Waals surface area contributed by atoms with Crippen molar-refractivity contribution in [2.24, 2.45) is 0 Å². The van der Waals surface area contributed by atoms with E-state index in [2.05, 4.69) is 79.2 Å². The summed E-state index contributed by atoms with van der Waals surface area (Å²) in [5, 5.41) is 3.04. The molecule has 3 heteroatoms. The van der Waals surface area contributed by atoms with Gasteiger partial charge in [-0.3, -0.25) is 4.79 Å². The molecule has 1 aliphatic heterocycles. The molecule has 1 atom stereocenters. The Balaban J connectivity index is 1.92. The summed E-state index contributed by atoms with van der Waals surface area (Å²) in [6, 6.07) is 17.2. The van der Waals surface area contributed by atoms with E-state index in [0.29, 0.717) is 5.92 Å². The number of para-hydroxylation sites is 1. The number of nitrogens with one attached hydrogen (secondary N) is 1. The van der Waals surface area contributed by atoms with Crippen LogP contribution in [0.25, 0.3) is 0 Å². The Morgan fingerprint density at radius 1 is 1.21 bits per heavy atom. The van der Waals surface area contributed by atoms with Gasteiger partial charge in [0.05, 0.1) is 6.04 Å². The summed E-state index contributed by atoms with van der Waals surface area (Å²) in [5.41, 5.74) is 4.97. The molecule has 0 spiro atoms. The minimum Gasteiger partial charge on any atom is -0.348 e. The Kier molecular flexibility index (Phi) is 4.70. The highest BCUT2D eigenvalue weighted by atomic mass is 16.1. The first kappa shape index (κ1) is 16.3. The second-order valence-electron chi connectivity index (χ2n) is 6.60. The van der Waals surface area contributed by atoms with Gasteiger partial charge < -0.3 is 10.2 Å². The largest absolute Gasteiger partial charge is 0.348 e. The smallest absolute Gasteiger partial charge is 0.243 e. The molecule has 1 heterocycles. The highest BCUT2D eigenvalue weighted by Crippen LogP contribution is 2.34. The summed E-state index contributed by atoms with van der Waals surface area (Å²) in [7, 11) is 0. The fourth-order valence-corrected chi connectivity index (χ4v) is 3.24. The second-order valence-corrected chi connectivity index (χ2v) is 6.60. The van der Waals surface area contributed by atoms with Crippen LogP contribution in [-0.2, 0) is 11.2 Å². The van der Waals surface area contributed by atoms with Crippen molar-refractivity contribution in [3.05, 3.63) is 72.3 Å². The van der Waals surface area contributed by atoms with Gasteiger partial charge in [0.2, 0.25) is 5.91 Å². The van der Waals surface area contributed by atoms with E-state index in [4.69, 9.17) is 0 Å². The zero-order valence-corrected chi connectivity index (χ0v) is 14.3. The molecule has 0 saturated carbocycles. The van der Waals surface area contributed by atoms with Crippen LogP contribution in [-0.4, -0.2) is 18.5 Å². The lowest BCUT2D eigenvalue weighted by molar-refractivity contribution is -0.117. The second kappa shape index (κ2) is 6.91. The molecular formula is C21H24N2O. The number of rotatable bonds is 4. The molecule has 3 nitrogen and oxygen atoms in total. The van der Waals surface area contributed by atoms with Gasteiger partial charge >= 0.3 is 0 Å². The van der Waals surface area contributed by atoms with Crippen LogP contribution in [0.5, 0.6) is 0 Å². The molecule has 3 rings (SSSR count). The van der Waals surface area contributed by atoms with Crippen molar-refractivity contribution in [3.63, 3.8) is 0 Å². The maximum atomic E-state index is 11.7. The van der Waals surface area contributed by atoms with Crippen LogP contribution < -0.4 is 10.2 Å². The third kappa shape index (κ3) is 3.35. The van der Waals surface area contributed by atoms with Crippen molar-refractivity contribution in [3.8, 4) is 0 Å². The highest BCUT2D eigenvalue weighted by Gasteiger charge is 2.25. The highest BCUT2D eigenvalue weighted by molar-refractivity contribution is 5.87. The van der Waals surface area contributed by atoms with Gasteiger partial charge in [0.25, 0.3) is 0 Å². The Bertz CT molecular complexity index is 734. The van der Waals surface area contributed by atoms with E-state index in [1.165, 1.54) is 22.9 Å². The van der Waals surface area contributed by atoms with Crippen LogP contribution in [0, 0.1) is 0 Å². The van der Waals surface area contributed by atoms with Crippen LogP contribution in [0.2, 0.25) is 0 Å². The molecule has 2 aromatic carbocycles. The topological polar surface area (TPSA) is 32.3 Å². The van der Waals surface area contributed by atoms with Crippen LogP contribution in [0.3, 0.4) is 0 Å². The molecule has 0 saturated heterocycles. The van der Waals surface area contributed by atoms with E-state index in [9.17, 15) is 4.79 Å². The number of nitrogens with zero attached hydrogens (tertiary/aromatic N) is 1. The molecular weight excluding hydrogens is 296 g/mol. The molecule has 124 valence electrons. The molecule has 1 N–H and O–H groups in total. The van der Waals surface area contributed by atoms with Gasteiger partial charge in [-0.25, -0.2) is 0 Å². The number of hydrogen-bond acceptors (Lipinski definition) is 2. The molecule has 2 aromatic rings. The molecule has 0 fully saturated rings. The first-order chi connectivity index (χ1) is 11.6. The summed E-state index contributed by atoms with van der Waals surface area (Å²) in [5.74, 6) is 0.404. The molecule has 0 aromatic heterocycles. The number of anilines is 2. The van der Waals surface area contributed by atoms with Crippen LogP contribution in [0.15, 0.2) is 61.2 Å². The van der Waals surface area contributed by atoms with Crippen molar-refractivity contribution >= 4 is 17.3 Å². The summed E-state index contributed by atoms with van der Waals surface area (Å²) >= 11 is 0. The lowest BCUT2D eigenvalue weighted by atomic mass is 9.96. The van der Waals surface area contributed by atoms with E-state index in [-0.39, 0.29) is 11.9 Å². The maximum absolute atomic E-state index is 11.7. The summed E-state index contributed by atoms with van der Waals surface area (Å²) < 4.78 is 0. The molecule has 1 unspecified atom stereocenters. The van der Waals surface area contributed by atoms with Gasteiger partial charge in [0.15, 0.2) is 0 Å². The van der Waals surface area contributed by atoms with Gasteiger partial charge in [-0.05, 0) is 47.7 Å². The zero-order chi connectivity index (χ0) is 17.1. The van der Waals surface area contributed by atoms with E-state index >= 15 is 0 Å². The van der Waals surface area contributed by atoms with Crippen molar-refractivity contribution in [2.75, 3.05) is 11.4 Å². The number of carbonyl (C=O) groups is 1. The number of carbonyl (C=O) groups excluding carboxylic acids is 1. The number of hydrogen-bond donors (Lipinski definition) is 1. The van der Waals surface area contributed by atoms with Gasteiger partial charge in [-0.15, -0.1) is 0 Å². The fourth-order valence-electron chi connectivity index (χ4n) is 3.24. The van der Waals surface area contributed by atoms with Crippen LogP contribution >= 0.6 is 0 Å². The summed E-state index contributed by atoms with van der Waals surface area (Å²) in [6.07, 6.45) is 2.18. The average molecular weight is 320 g/mol. The van der Waals surface area contributed by atoms with E-state index in [1.807, 2.05) is 0 Å². The van der Waals surface area contributed by atoms with Gasteiger partial charge in [0, 0.05) is 17.9 Å². The van der Waals surface area contributed by atoms with Crippen molar-refractivity contribution in [1.82, 2.24) is 5.32 Å². The first-order valence-electron chi connectivity index (χ1n) is 8.47. The lowest BCUT2D eigenvalue weighted by Gasteiger charge is -2.36. The van der Waals surface area contributed by atoms with Crippen molar-refractivity contribution < 1.29 is 4.79 Å². The maximum Gasteiger partial charge on any atom is 0.243 e. The standard InChI is InChI=1S/C21H24N2O/c1-4-21(24)22-18-13-17-7-5-6-8-20(17)23(14-18)19-11-9-16(10-12-19)15(2)3/h4-12,15,18H,1,13-14H2,2-3H3,(H,22,24). The third-order valence-corrected chi connectivity index (χ3v) is 4.55. The van der Waals surface area contributed by atoms with E-state index in [0.717, 1.165) is 18.7 Å². The fraction of sp³-hybridized carbons (Fsp3) is 0.286. The van der Waals surface area contributed by atoms with Gasteiger partial charge in [-0.2, -0.15) is 0 Å². The first-order valence-corrected chi connectivity index (χ1v) is 8.47. The zero-order valence-electron chi connectivity index (χ0n) is 14.3. The Labute approximate surface area is 144 Å². The Morgan fingerprint density at radius 3 is 2.58 bits per heavy atom. The summed E-state index contributed by atoms with van der Waals surface area (Å²) in [4.78, 5) is 14.0. The monoisotopic (exact) mass is 320 g/mol. The average Bonchev–Trinajstić information content (AvgIpc) is 2.61. The molecule has 0 aliphatic carbocycles. The normalized spacial score (nSPS) is 16.6. The van der Waals surface area contributed by atoms with E-state index in [1.54, 1.807) is 0 Å². The van der Waals surface area contributed by atoms with Crippen molar-refractivity contribution in [1.29, 1.82) is 0 Å². The Hall–Kier alpha value is -2.55. The molecule has 0 radical (unpaired) electrons. The van der Waals surface area contributed by atoms with Gasteiger partial charge in [0.1, 0.15) is 0 Å². The van der Waals surface area contributed by atoms with Crippen molar-refractivity contribution in [2.45, 2.75) is 32.2 Å². The van der Waals surface area contributed by atoms with Crippen LogP contribution in [0.1, 0.15) is 30.9 Å². The lowest BCUT2D eigenvalue weighted by Crippen LogP contribution is -2.46. The predicted octanol–water partition coefficient (Wildman–Crippen LogP) is 4.18. The summed E-state index contributed by atoms with van der Waals surface area (Å²) in [6.45, 7) is 8.71. The third-order valence-electron chi connectivity index (χ3n) is 4.55.